The highest BCUT2D eigenvalue weighted by Crippen LogP contribution is 2.30. The molecule has 0 aliphatic rings. The van der Waals surface area contributed by atoms with Crippen LogP contribution in [-0.4, -0.2) is 10.4 Å². The average Bonchev–Trinajstić information content (AvgIpc) is 3.20. The summed E-state index contributed by atoms with van der Waals surface area (Å²) in [5, 5.41) is 4.70. The highest BCUT2D eigenvalue weighted by molar-refractivity contribution is 6.08. The molecule has 6 rings (SSSR count). The number of ketones is 1. The van der Waals surface area contributed by atoms with Gasteiger partial charge in [-0.3, -0.25) is 4.79 Å². The van der Waals surface area contributed by atoms with E-state index in [1.165, 1.54) is 27.4 Å². The second kappa shape index (κ2) is 8.27. The molecule has 0 saturated carbocycles. The molecule has 0 fully saturated rings. The van der Waals surface area contributed by atoms with Crippen LogP contribution >= 0.6 is 0 Å². The average molecular weight is 442 g/mol. The first-order chi connectivity index (χ1) is 16.7. The summed E-state index contributed by atoms with van der Waals surface area (Å²) in [5.74, 6) is 0.115. The number of nitrogens with zero attached hydrogens (tertiary/aromatic N) is 2. The van der Waals surface area contributed by atoms with Gasteiger partial charge in [-0.2, -0.15) is 4.57 Å². The maximum absolute atomic E-state index is 13.3. The van der Waals surface area contributed by atoms with Crippen molar-refractivity contribution >= 4 is 38.4 Å². The maximum Gasteiger partial charge on any atom is 0.227 e. The van der Waals surface area contributed by atoms with Crippen LogP contribution < -0.4 is 4.57 Å². The molecule has 34 heavy (non-hydrogen) atoms. The van der Waals surface area contributed by atoms with E-state index in [0.29, 0.717) is 6.54 Å². The molecule has 0 atom stereocenters. The van der Waals surface area contributed by atoms with Crippen molar-refractivity contribution in [3.8, 4) is 0 Å². The van der Waals surface area contributed by atoms with E-state index in [0.717, 1.165) is 28.6 Å². The van der Waals surface area contributed by atoms with Crippen LogP contribution in [0.2, 0.25) is 0 Å². The van der Waals surface area contributed by atoms with Gasteiger partial charge in [-0.1, -0.05) is 84.9 Å². The summed E-state index contributed by atoms with van der Waals surface area (Å²) >= 11 is 0. The molecular formula is C31H25N2O+. The van der Waals surface area contributed by atoms with Gasteiger partial charge in [0, 0.05) is 41.4 Å². The second-order valence-electron chi connectivity index (χ2n) is 8.87. The summed E-state index contributed by atoms with van der Waals surface area (Å²) in [7, 11) is 0. The topological polar surface area (TPSA) is 25.9 Å². The number of aromatic nitrogens is 2. The van der Waals surface area contributed by atoms with Crippen molar-refractivity contribution < 1.29 is 9.36 Å². The molecule has 6 aromatic rings. The van der Waals surface area contributed by atoms with Gasteiger partial charge in [-0.15, -0.1) is 0 Å². The number of Topliss-reactive ketones (excluding diaryl/α,β-unsaturated/α-hetero) is 1. The highest BCUT2D eigenvalue weighted by Gasteiger charge is 2.22. The van der Waals surface area contributed by atoms with Gasteiger partial charge in [-0.25, -0.2) is 0 Å². The summed E-state index contributed by atoms with van der Waals surface area (Å²) in [4.78, 5) is 13.3. The number of hydrogen-bond acceptors (Lipinski definition) is 1. The monoisotopic (exact) mass is 441 g/mol. The van der Waals surface area contributed by atoms with E-state index >= 15 is 0 Å². The Hall–Kier alpha value is -4.24. The fourth-order valence-electron chi connectivity index (χ4n) is 5.01. The predicted molar refractivity (Wildman–Crippen MR) is 138 cm³/mol. The van der Waals surface area contributed by atoms with E-state index in [-0.39, 0.29) is 5.78 Å². The zero-order chi connectivity index (χ0) is 23.1. The number of benzene rings is 4. The minimum atomic E-state index is 0.115. The SMILES string of the molecule is Cc1c2c(cc[n+]1CC(=O)c1ccc3ccccc3c1)c1ccccc1n2Cc1ccccc1. The highest BCUT2D eigenvalue weighted by atomic mass is 16.1. The molecule has 0 spiro atoms. The Morgan fingerprint density at radius 1 is 0.765 bits per heavy atom. The molecule has 0 unspecified atom stereocenters. The normalized spacial score (nSPS) is 11.4. The lowest BCUT2D eigenvalue weighted by atomic mass is 10.0. The molecule has 2 aromatic heterocycles. The van der Waals surface area contributed by atoms with Gasteiger partial charge < -0.3 is 4.57 Å². The van der Waals surface area contributed by atoms with Crippen LogP contribution in [-0.2, 0) is 13.1 Å². The van der Waals surface area contributed by atoms with Crippen molar-refractivity contribution in [2.75, 3.05) is 0 Å². The van der Waals surface area contributed by atoms with Gasteiger partial charge in [-0.05, 0) is 28.5 Å². The Balaban J connectivity index is 1.44. The van der Waals surface area contributed by atoms with Gasteiger partial charge in [0.05, 0.1) is 0 Å². The fraction of sp³-hybridized carbons (Fsp3) is 0.0968. The van der Waals surface area contributed by atoms with E-state index in [1.807, 2.05) is 36.4 Å². The van der Waals surface area contributed by atoms with Crippen LogP contribution in [0.25, 0.3) is 32.6 Å². The summed E-state index contributed by atoms with van der Waals surface area (Å²) in [6.07, 6.45) is 2.05. The molecule has 0 aliphatic heterocycles. The van der Waals surface area contributed by atoms with Crippen molar-refractivity contribution in [2.45, 2.75) is 20.0 Å². The van der Waals surface area contributed by atoms with Gasteiger partial charge in [0.25, 0.3) is 0 Å². The molecular weight excluding hydrogens is 416 g/mol. The number of rotatable bonds is 5. The largest absolute Gasteiger partial charge is 0.331 e. The fourth-order valence-corrected chi connectivity index (χ4v) is 5.01. The van der Waals surface area contributed by atoms with E-state index in [1.54, 1.807) is 0 Å². The van der Waals surface area contributed by atoms with E-state index in [4.69, 9.17) is 0 Å². The first-order valence-electron chi connectivity index (χ1n) is 11.6. The Morgan fingerprint density at radius 2 is 1.50 bits per heavy atom. The lowest BCUT2D eigenvalue weighted by Gasteiger charge is -2.09. The minimum Gasteiger partial charge on any atom is -0.331 e. The number of carbonyl (C=O) groups is 1. The van der Waals surface area contributed by atoms with Gasteiger partial charge in [0.2, 0.25) is 18.0 Å². The number of aryl methyl sites for hydroxylation is 1. The molecule has 3 heteroatoms. The molecule has 2 heterocycles. The number of carbonyl (C=O) groups excluding carboxylic acids is 1. The van der Waals surface area contributed by atoms with Crippen molar-refractivity contribution in [3.05, 3.63) is 126 Å². The zero-order valence-electron chi connectivity index (χ0n) is 19.1. The van der Waals surface area contributed by atoms with Crippen LogP contribution in [0.4, 0.5) is 0 Å². The minimum absolute atomic E-state index is 0.115. The first kappa shape index (κ1) is 20.4. The molecule has 164 valence electrons. The molecule has 0 bridgehead atoms. The van der Waals surface area contributed by atoms with Crippen LogP contribution in [0.15, 0.2) is 109 Å². The summed E-state index contributed by atoms with van der Waals surface area (Å²) in [6, 6.07) is 35.4. The lowest BCUT2D eigenvalue weighted by Crippen LogP contribution is -2.40. The lowest BCUT2D eigenvalue weighted by molar-refractivity contribution is -0.687. The Morgan fingerprint density at radius 3 is 2.35 bits per heavy atom. The number of pyridine rings is 1. The third kappa shape index (κ3) is 3.46. The van der Waals surface area contributed by atoms with Crippen LogP contribution in [0.1, 0.15) is 21.6 Å². The Bertz CT molecular complexity index is 1680. The van der Waals surface area contributed by atoms with E-state index < -0.39 is 0 Å². The molecule has 0 N–H and O–H groups in total. The maximum atomic E-state index is 13.3. The number of para-hydroxylation sites is 1. The third-order valence-corrected chi connectivity index (χ3v) is 6.77. The standard InChI is InChI=1S/C31H25N2O/c1-22-31-28(27-13-7-8-14-29(27)33(31)20-23-9-3-2-4-10-23)17-18-32(22)21-30(34)26-16-15-24-11-5-6-12-25(24)19-26/h2-19H,20-21H2,1H3/q+1. The molecule has 0 saturated heterocycles. The molecule has 3 nitrogen and oxygen atoms in total. The van der Waals surface area contributed by atoms with Crippen molar-refractivity contribution in [2.24, 2.45) is 0 Å². The van der Waals surface area contributed by atoms with Crippen molar-refractivity contribution in [1.29, 1.82) is 0 Å². The smallest absolute Gasteiger partial charge is 0.227 e. The number of hydrogen-bond donors (Lipinski definition) is 0. The summed E-state index contributed by atoms with van der Waals surface area (Å²) < 4.78 is 4.46. The molecule has 0 aliphatic carbocycles. The van der Waals surface area contributed by atoms with Gasteiger partial charge in [0.1, 0.15) is 5.52 Å². The first-order valence-corrected chi connectivity index (χ1v) is 11.6. The third-order valence-electron chi connectivity index (χ3n) is 6.77. The molecule has 4 aromatic carbocycles. The van der Waals surface area contributed by atoms with E-state index in [9.17, 15) is 4.79 Å². The summed E-state index contributed by atoms with van der Waals surface area (Å²) in [6.45, 7) is 3.22. The van der Waals surface area contributed by atoms with Crippen molar-refractivity contribution in [3.63, 3.8) is 0 Å². The van der Waals surface area contributed by atoms with Crippen LogP contribution in [0, 0.1) is 6.92 Å². The quantitative estimate of drug-likeness (QED) is 0.222. The predicted octanol–water partition coefficient (Wildman–Crippen LogP) is 6.47. The van der Waals surface area contributed by atoms with Gasteiger partial charge in [0.15, 0.2) is 6.20 Å². The Kier molecular flexibility index (Phi) is 4.96. The Labute approximate surface area is 198 Å². The van der Waals surface area contributed by atoms with Gasteiger partial charge >= 0.3 is 0 Å². The molecule has 0 radical (unpaired) electrons. The zero-order valence-corrected chi connectivity index (χ0v) is 19.1. The van der Waals surface area contributed by atoms with Crippen molar-refractivity contribution in [1.82, 2.24) is 4.57 Å². The number of fused-ring (bicyclic) bond motifs is 4. The second-order valence-corrected chi connectivity index (χ2v) is 8.87. The molecule has 0 amide bonds. The summed E-state index contributed by atoms with van der Waals surface area (Å²) in [5.41, 5.74) is 5.49. The van der Waals surface area contributed by atoms with Crippen LogP contribution in [0.3, 0.4) is 0 Å². The van der Waals surface area contributed by atoms with E-state index in [2.05, 4.69) is 89.0 Å². The van der Waals surface area contributed by atoms with Crippen LogP contribution in [0.5, 0.6) is 0 Å².